The van der Waals surface area contributed by atoms with E-state index < -0.39 is 22.0 Å². The minimum absolute atomic E-state index is 0.0666. The second-order valence-corrected chi connectivity index (χ2v) is 5.84. The lowest BCUT2D eigenvalue weighted by Crippen LogP contribution is -2.40. The Morgan fingerprint density at radius 2 is 1.94 bits per heavy atom. The van der Waals surface area contributed by atoms with Crippen molar-refractivity contribution in [2.24, 2.45) is 0 Å². The zero-order valence-corrected chi connectivity index (χ0v) is 10.9. The number of rotatable bonds is 4. The van der Waals surface area contributed by atoms with Gasteiger partial charge in [-0.3, -0.25) is 4.79 Å². The van der Waals surface area contributed by atoms with E-state index >= 15 is 0 Å². The van der Waals surface area contributed by atoms with Gasteiger partial charge in [-0.2, -0.15) is 4.31 Å². The molecule has 0 aliphatic heterocycles. The Balaban J connectivity index is 3.21. The molecular weight excluding hydrogens is 266 g/mol. The van der Waals surface area contributed by atoms with Crippen LogP contribution >= 0.6 is 11.6 Å². The Hall–Kier alpha value is -1.11. The number of benzene rings is 1. The van der Waals surface area contributed by atoms with Crippen LogP contribution < -0.4 is 0 Å². The number of hydrogen-bond donors (Lipinski definition) is 1. The first kappa shape index (κ1) is 14.0. The molecule has 1 atom stereocenters. The molecule has 0 aliphatic carbocycles. The number of hydrogen-bond acceptors (Lipinski definition) is 3. The summed E-state index contributed by atoms with van der Waals surface area (Å²) in [7, 11) is -2.69. The topological polar surface area (TPSA) is 74.7 Å². The molecule has 1 N–H and O–H groups in total. The van der Waals surface area contributed by atoms with Gasteiger partial charge in [-0.15, -0.1) is 0 Å². The number of likely N-dealkylation sites (N-methyl/N-ethyl adjacent to an activating group) is 1. The van der Waals surface area contributed by atoms with Gasteiger partial charge in [0.05, 0.1) is 5.02 Å². The molecule has 0 spiro atoms. The summed E-state index contributed by atoms with van der Waals surface area (Å²) in [6, 6.07) is 4.74. The van der Waals surface area contributed by atoms with Crippen molar-refractivity contribution >= 4 is 27.6 Å². The van der Waals surface area contributed by atoms with E-state index in [9.17, 15) is 13.2 Å². The Bertz CT molecular complexity index is 529. The van der Waals surface area contributed by atoms with Crippen molar-refractivity contribution in [3.8, 4) is 0 Å². The number of carbonyl (C=O) groups is 1. The molecule has 0 bridgehead atoms. The fourth-order valence-electron chi connectivity index (χ4n) is 1.17. The highest BCUT2D eigenvalue weighted by molar-refractivity contribution is 7.89. The zero-order chi connectivity index (χ0) is 13.2. The molecule has 17 heavy (non-hydrogen) atoms. The highest BCUT2D eigenvalue weighted by Crippen LogP contribution is 2.24. The molecular formula is C10H12ClNO4S. The fraction of sp³-hybridized carbons (Fsp3) is 0.300. The quantitative estimate of drug-likeness (QED) is 0.903. The molecule has 1 unspecified atom stereocenters. The van der Waals surface area contributed by atoms with Crippen LogP contribution in [0.25, 0.3) is 0 Å². The normalized spacial score (nSPS) is 13.6. The monoisotopic (exact) mass is 277 g/mol. The molecule has 0 aromatic heterocycles. The van der Waals surface area contributed by atoms with Gasteiger partial charge in [-0.25, -0.2) is 8.42 Å². The molecule has 1 aromatic carbocycles. The van der Waals surface area contributed by atoms with Crippen molar-refractivity contribution < 1.29 is 18.3 Å². The van der Waals surface area contributed by atoms with Crippen molar-refractivity contribution in [2.75, 3.05) is 7.05 Å². The van der Waals surface area contributed by atoms with Crippen molar-refractivity contribution in [2.45, 2.75) is 17.9 Å². The van der Waals surface area contributed by atoms with E-state index in [0.717, 1.165) is 4.31 Å². The number of sulfonamides is 1. The van der Waals surface area contributed by atoms with E-state index in [-0.39, 0.29) is 9.92 Å². The van der Waals surface area contributed by atoms with Crippen LogP contribution in [-0.4, -0.2) is 36.9 Å². The van der Waals surface area contributed by atoms with Crippen LogP contribution in [0.5, 0.6) is 0 Å². The molecule has 94 valence electrons. The molecule has 0 aliphatic rings. The summed E-state index contributed by atoms with van der Waals surface area (Å²) < 4.78 is 24.9. The van der Waals surface area contributed by atoms with E-state index in [1.807, 2.05) is 0 Å². The van der Waals surface area contributed by atoms with Crippen molar-refractivity contribution in [3.63, 3.8) is 0 Å². The highest BCUT2D eigenvalue weighted by Gasteiger charge is 2.30. The molecule has 1 rings (SSSR count). The SMILES string of the molecule is CC(C(=O)O)N(C)S(=O)(=O)c1ccccc1Cl. The number of carboxylic acid groups (broad SMARTS) is 1. The summed E-state index contributed by atoms with van der Waals surface area (Å²) in [5, 5.41) is 8.86. The Kier molecular flexibility index (Phi) is 4.13. The Morgan fingerprint density at radius 3 is 2.41 bits per heavy atom. The van der Waals surface area contributed by atoms with Gasteiger partial charge < -0.3 is 5.11 Å². The molecule has 0 heterocycles. The van der Waals surface area contributed by atoms with E-state index in [4.69, 9.17) is 16.7 Å². The maximum absolute atomic E-state index is 12.1. The third kappa shape index (κ3) is 2.77. The lowest BCUT2D eigenvalue weighted by molar-refractivity contribution is -0.140. The van der Waals surface area contributed by atoms with Gasteiger partial charge in [-0.1, -0.05) is 23.7 Å². The van der Waals surface area contributed by atoms with Gasteiger partial charge in [0.15, 0.2) is 0 Å². The van der Waals surface area contributed by atoms with Crippen LogP contribution in [0.2, 0.25) is 5.02 Å². The second kappa shape index (κ2) is 5.03. The highest BCUT2D eigenvalue weighted by atomic mass is 35.5. The summed E-state index contributed by atoms with van der Waals surface area (Å²) in [6.07, 6.45) is 0. The fourth-order valence-corrected chi connectivity index (χ4v) is 2.98. The van der Waals surface area contributed by atoms with E-state index in [1.54, 1.807) is 6.07 Å². The van der Waals surface area contributed by atoms with Crippen LogP contribution in [-0.2, 0) is 14.8 Å². The summed E-state index contributed by atoms with van der Waals surface area (Å²) >= 11 is 5.78. The average molecular weight is 278 g/mol. The first-order valence-corrected chi connectivity index (χ1v) is 6.55. The zero-order valence-electron chi connectivity index (χ0n) is 9.29. The Morgan fingerprint density at radius 1 is 1.41 bits per heavy atom. The molecule has 0 saturated carbocycles. The predicted octanol–water partition coefficient (Wildman–Crippen LogP) is 1.43. The van der Waals surface area contributed by atoms with E-state index in [1.165, 1.54) is 32.2 Å². The Labute approximate surface area is 105 Å². The summed E-state index contributed by atoms with van der Waals surface area (Å²) in [4.78, 5) is 10.7. The van der Waals surface area contributed by atoms with Gasteiger partial charge in [0.2, 0.25) is 10.0 Å². The van der Waals surface area contributed by atoms with Crippen molar-refractivity contribution in [1.82, 2.24) is 4.31 Å². The third-order valence-electron chi connectivity index (χ3n) is 2.40. The van der Waals surface area contributed by atoms with E-state index in [0.29, 0.717) is 0 Å². The maximum atomic E-state index is 12.1. The molecule has 7 heteroatoms. The van der Waals surface area contributed by atoms with Crippen LogP contribution in [0.4, 0.5) is 0 Å². The minimum atomic E-state index is -3.89. The average Bonchev–Trinajstić information content (AvgIpc) is 2.27. The standard InChI is InChI=1S/C10H12ClNO4S/c1-7(10(13)14)12(2)17(15,16)9-6-4-3-5-8(9)11/h3-7H,1-2H3,(H,13,14). The first-order valence-electron chi connectivity index (χ1n) is 4.74. The summed E-state index contributed by atoms with van der Waals surface area (Å²) in [5.41, 5.74) is 0. The van der Waals surface area contributed by atoms with Gasteiger partial charge >= 0.3 is 5.97 Å². The molecule has 0 amide bonds. The van der Waals surface area contributed by atoms with Crippen LogP contribution in [0.3, 0.4) is 0 Å². The summed E-state index contributed by atoms with van der Waals surface area (Å²) in [5.74, 6) is -1.22. The van der Waals surface area contributed by atoms with Crippen LogP contribution in [0.15, 0.2) is 29.2 Å². The lowest BCUT2D eigenvalue weighted by atomic mass is 10.4. The predicted molar refractivity (Wildman–Crippen MR) is 63.5 cm³/mol. The lowest BCUT2D eigenvalue weighted by Gasteiger charge is -2.21. The van der Waals surface area contributed by atoms with E-state index in [2.05, 4.69) is 0 Å². The van der Waals surface area contributed by atoms with Crippen molar-refractivity contribution in [3.05, 3.63) is 29.3 Å². The maximum Gasteiger partial charge on any atom is 0.321 e. The molecule has 0 radical (unpaired) electrons. The van der Waals surface area contributed by atoms with Gasteiger partial charge in [0.25, 0.3) is 0 Å². The van der Waals surface area contributed by atoms with Crippen LogP contribution in [0, 0.1) is 0 Å². The molecule has 0 saturated heterocycles. The largest absolute Gasteiger partial charge is 0.480 e. The summed E-state index contributed by atoms with van der Waals surface area (Å²) in [6.45, 7) is 1.29. The number of aliphatic carboxylic acids is 1. The number of carboxylic acids is 1. The number of halogens is 1. The first-order chi connectivity index (χ1) is 7.78. The smallest absolute Gasteiger partial charge is 0.321 e. The third-order valence-corrected chi connectivity index (χ3v) is 4.82. The molecule has 5 nitrogen and oxygen atoms in total. The minimum Gasteiger partial charge on any atom is -0.480 e. The molecule has 1 aromatic rings. The molecule has 0 fully saturated rings. The number of nitrogens with zero attached hydrogens (tertiary/aromatic N) is 1. The van der Waals surface area contributed by atoms with Crippen LogP contribution in [0.1, 0.15) is 6.92 Å². The second-order valence-electron chi connectivity index (χ2n) is 3.47. The van der Waals surface area contributed by atoms with Gasteiger partial charge in [0, 0.05) is 7.05 Å². The van der Waals surface area contributed by atoms with Gasteiger partial charge in [0.1, 0.15) is 10.9 Å². The van der Waals surface area contributed by atoms with Gasteiger partial charge in [-0.05, 0) is 19.1 Å². The van der Waals surface area contributed by atoms with Crippen molar-refractivity contribution in [1.29, 1.82) is 0 Å².